The maximum absolute atomic E-state index is 13.5. The highest BCUT2D eigenvalue weighted by molar-refractivity contribution is 7.98. The fraction of sp³-hybridized carbons (Fsp3) is 0.255. The van der Waals surface area contributed by atoms with Crippen LogP contribution >= 0.6 is 23.5 Å². The first kappa shape index (κ1) is 44.9. The van der Waals surface area contributed by atoms with Crippen LogP contribution in [0.2, 0.25) is 0 Å². The molecule has 14 heteroatoms. The number of aromatic amines is 4. The second-order valence-electron chi connectivity index (χ2n) is 16.5. The third-order valence-electron chi connectivity index (χ3n) is 11.6. The van der Waals surface area contributed by atoms with Crippen LogP contribution in [-0.2, 0) is 37.4 Å². The van der Waals surface area contributed by atoms with E-state index in [0.29, 0.717) is 53.3 Å². The average Bonchev–Trinajstić information content (AvgIpc) is 3.97. The van der Waals surface area contributed by atoms with Crippen LogP contribution in [0.4, 0.5) is 0 Å². The molecule has 0 aliphatic carbocycles. The summed E-state index contributed by atoms with van der Waals surface area (Å²) in [7, 11) is 0. The molecule has 4 aromatic carbocycles. The molecule has 0 radical (unpaired) electrons. The molecular formula is C51H52N8O4S2. The topological polar surface area (TPSA) is 178 Å². The Bertz CT molecular complexity index is 3040. The molecule has 0 unspecified atom stereocenters. The number of rotatable bonds is 17. The summed E-state index contributed by atoms with van der Waals surface area (Å²) in [6.07, 6.45) is 1.71. The number of benzene rings is 4. The lowest BCUT2D eigenvalue weighted by Crippen LogP contribution is -2.20. The first-order valence-corrected chi connectivity index (χ1v) is 23.6. The number of nitrogens with one attached hydrogen (secondary N) is 4. The molecule has 4 aromatic heterocycles. The Balaban J connectivity index is 0.912. The van der Waals surface area contributed by atoms with Gasteiger partial charge in [0.2, 0.25) is 0 Å². The minimum atomic E-state index is -0.137. The number of phenolic OH excluding ortho intramolecular Hbond substituents is 1. The van der Waals surface area contributed by atoms with Crippen molar-refractivity contribution in [2.75, 3.05) is 0 Å². The van der Waals surface area contributed by atoms with Gasteiger partial charge >= 0.3 is 0 Å². The van der Waals surface area contributed by atoms with E-state index in [1.165, 1.54) is 40.2 Å². The third kappa shape index (κ3) is 10.7. The molecule has 0 spiro atoms. The van der Waals surface area contributed by atoms with Gasteiger partial charge in [-0.3, -0.25) is 19.8 Å². The molecule has 0 aliphatic heterocycles. The number of aryl methyl sites for hydroxylation is 3. The second kappa shape index (κ2) is 20.0. The molecule has 0 fully saturated rings. The Hall–Kier alpha value is -6.64. The zero-order chi connectivity index (χ0) is 45.6. The molecule has 5 N–H and O–H groups in total. The normalized spacial score (nSPS) is 11.4. The Morgan fingerprint density at radius 2 is 1.17 bits per heavy atom. The summed E-state index contributed by atoms with van der Waals surface area (Å²) < 4.78 is 6.37. The average molecular weight is 905 g/mol. The van der Waals surface area contributed by atoms with Gasteiger partial charge in [0.25, 0.3) is 11.1 Å². The number of aromatic nitrogens is 8. The number of thioether (sulfide) groups is 2. The van der Waals surface area contributed by atoms with E-state index in [9.17, 15) is 14.7 Å². The first-order valence-electron chi connectivity index (χ1n) is 21.7. The quantitative estimate of drug-likeness (QED) is 0.0436. The molecule has 12 nitrogen and oxygen atoms in total. The molecule has 8 aromatic rings. The molecule has 0 saturated carbocycles. The van der Waals surface area contributed by atoms with E-state index in [1.54, 1.807) is 12.1 Å². The van der Waals surface area contributed by atoms with E-state index in [0.717, 1.165) is 73.3 Å². The number of hydrogen-bond donors (Lipinski definition) is 5. The molecular weight excluding hydrogens is 853 g/mol. The number of hydrogen-bond acceptors (Lipinski definition) is 10. The zero-order valence-corrected chi connectivity index (χ0v) is 39.0. The van der Waals surface area contributed by atoms with Gasteiger partial charge in [-0.1, -0.05) is 80.7 Å². The van der Waals surface area contributed by atoms with Crippen LogP contribution in [0.25, 0.3) is 22.5 Å². The second-order valence-corrected chi connectivity index (χ2v) is 18.4. The van der Waals surface area contributed by atoms with Crippen LogP contribution in [0.3, 0.4) is 0 Å². The monoisotopic (exact) mass is 904 g/mol. The van der Waals surface area contributed by atoms with E-state index < -0.39 is 0 Å². The van der Waals surface area contributed by atoms with E-state index in [4.69, 9.17) is 14.7 Å². The molecule has 332 valence electrons. The summed E-state index contributed by atoms with van der Waals surface area (Å²) in [6, 6.07) is 31.3. The van der Waals surface area contributed by atoms with Crippen LogP contribution in [-0.4, -0.2) is 45.4 Å². The summed E-state index contributed by atoms with van der Waals surface area (Å²) >= 11 is 2.89. The van der Waals surface area contributed by atoms with E-state index in [2.05, 4.69) is 81.5 Å². The number of phenols is 1. The number of H-pyrrole nitrogens is 4. The van der Waals surface area contributed by atoms with Crippen molar-refractivity contribution in [3.05, 3.63) is 185 Å². The largest absolute Gasteiger partial charge is 0.508 e. The smallest absolute Gasteiger partial charge is 0.255 e. The lowest BCUT2D eigenvalue weighted by Gasteiger charge is -2.17. The van der Waals surface area contributed by atoms with Gasteiger partial charge in [-0.05, 0) is 138 Å². The van der Waals surface area contributed by atoms with Crippen LogP contribution < -0.4 is 15.9 Å². The fourth-order valence-corrected chi connectivity index (χ4v) is 9.55. The maximum Gasteiger partial charge on any atom is 0.255 e. The lowest BCUT2D eigenvalue weighted by molar-refractivity contribution is 0.305. The van der Waals surface area contributed by atoms with Crippen molar-refractivity contribution in [2.45, 2.75) is 95.1 Å². The molecule has 65 heavy (non-hydrogen) atoms. The molecule has 0 aliphatic rings. The van der Waals surface area contributed by atoms with Crippen molar-refractivity contribution in [1.82, 2.24) is 40.3 Å². The fourth-order valence-electron chi connectivity index (χ4n) is 8.01. The molecule has 4 heterocycles. The van der Waals surface area contributed by atoms with Crippen molar-refractivity contribution < 1.29 is 9.84 Å². The predicted octanol–water partition coefficient (Wildman–Crippen LogP) is 10.3. The van der Waals surface area contributed by atoms with Crippen LogP contribution in [0.5, 0.6) is 11.5 Å². The third-order valence-corrected chi connectivity index (χ3v) is 13.4. The number of ether oxygens (including phenoxy) is 1. The maximum atomic E-state index is 13.5. The molecule has 8 rings (SSSR count). The van der Waals surface area contributed by atoms with E-state index in [-0.39, 0.29) is 22.8 Å². The van der Waals surface area contributed by atoms with Gasteiger partial charge < -0.3 is 19.8 Å². The highest BCUT2D eigenvalue weighted by Gasteiger charge is 2.20. The molecule has 0 amide bonds. The van der Waals surface area contributed by atoms with Crippen molar-refractivity contribution >= 4 is 23.5 Å². The summed E-state index contributed by atoms with van der Waals surface area (Å²) in [5, 5.41) is 26.0. The summed E-state index contributed by atoms with van der Waals surface area (Å²) in [6.45, 7) is 12.6. The summed E-state index contributed by atoms with van der Waals surface area (Å²) in [4.78, 5) is 42.6. The van der Waals surface area contributed by atoms with Gasteiger partial charge in [0.1, 0.15) is 18.1 Å². The van der Waals surface area contributed by atoms with Crippen LogP contribution in [0.15, 0.2) is 117 Å². The highest BCUT2D eigenvalue weighted by Crippen LogP contribution is 2.29. The lowest BCUT2D eigenvalue weighted by atomic mass is 9.93. The number of aromatic hydroxyl groups is 1. The Labute approximate surface area is 386 Å². The van der Waals surface area contributed by atoms with Gasteiger partial charge in [-0.15, -0.1) is 0 Å². The minimum Gasteiger partial charge on any atom is -0.508 e. The Morgan fingerprint density at radius 3 is 1.75 bits per heavy atom. The number of nitrogens with zero attached hydrogens (tertiary/aromatic N) is 4. The molecule has 0 saturated heterocycles. The molecule has 0 atom stereocenters. The SMILES string of the molecule is CCc1c(Cc2c(C)cccc2C)nc(SCc2cc(-c3ccc(OCc4cccc(C)c4Cc4nc(SCc5cc(-c6ccc(O)cc6)[nH]n5)[nH]c(=O)c4C(C)C)cc3)[nH]n2)[nH]c1=O. The predicted molar refractivity (Wildman–Crippen MR) is 259 cm³/mol. The van der Waals surface area contributed by atoms with Gasteiger partial charge in [0.15, 0.2) is 10.3 Å². The van der Waals surface area contributed by atoms with Crippen LogP contribution in [0, 0.1) is 20.8 Å². The van der Waals surface area contributed by atoms with Crippen LogP contribution in [0.1, 0.15) is 94.0 Å². The standard InChI is InChI=1S/C51H52N8O4S2/c1-7-40-45(24-41-30(4)10-8-11-31(41)5)52-50(54-48(40)61)64-27-37-23-44(59-57-37)34-16-20-39(21-17-34)63-26-35-13-9-12-32(6)42(35)25-46-47(29(2)3)49(62)55-51(53-46)65-28-36-22-43(58-56-36)33-14-18-38(60)19-15-33/h8-23,29,60H,7,24-28H2,1-6H3,(H,56,58)(H,57,59)(H,52,54,61)(H,53,55,62). The van der Waals surface area contributed by atoms with Gasteiger partial charge in [-0.25, -0.2) is 9.97 Å². The summed E-state index contributed by atoms with van der Waals surface area (Å²) in [5.74, 6) is 1.94. The van der Waals surface area contributed by atoms with Crippen molar-refractivity contribution in [1.29, 1.82) is 0 Å². The van der Waals surface area contributed by atoms with Gasteiger partial charge in [-0.2, -0.15) is 10.2 Å². The van der Waals surface area contributed by atoms with Gasteiger partial charge in [0.05, 0.1) is 34.2 Å². The summed E-state index contributed by atoms with van der Waals surface area (Å²) in [5.41, 5.74) is 14.8. The van der Waals surface area contributed by atoms with E-state index >= 15 is 0 Å². The Morgan fingerprint density at radius 1 is 0.646 bits per heavy atom. The van der Waals surface area contributed by atoms with E-state index in [1.807, 2.05) is 75.4 Å². The van der Waals surface area contributed by atoms with Crippen molar-refractivity contribution in [2.24, 2.45) is 0 Å². The molecule has 0 bridgehead atoms. The first-order chi connectivity index (χ1) is 31.4. The van der Waals surface area contributed by atoms with Gasteiger partial charge in [0, 0.05) is 35.5 Å². The Kier molecular flexibility index (Phi) is 13.9. The van der Waals surface area contributed by atoms with Crippen molar-refractivity contribution in [3.8, 4) is 34.0 Å². The van der Waals surface area contributed by atoms with Crippen molar-refractivity contribution in [3.63, 3.8) is 0 Å². The minimum absolute atomic E-state index is 0.0286. The zero-order valence-electron chi connectivity index (χ0n) is 37.3. The highest BCUT2D eigenvalue weighted by atomic mass is 32.2.